The van der Waals surface area contributed by atoms with E-state index in [1.54, 1.807) is 24.4 Å². The van der Waals surface area contributed by atoms with Gasteiger partial charge in [0.1, 0.15) is 11.4 Å². The highest BCUT2D eigenvalue weighted by atomic mass is 35.5. The molecule has 2 aromatic carbocycles. The van der Waals surface area contributed by atoms with E-state index in [2.05, 4.69) is 5.32 Å². The summed E-state index contributed by atoms with van der Waals surface area (Å²) in [7, 11) is 0. The lowest BCUT2D eigenvalue weighted by Gasteiger charge is -2.26. The number of urea groups is 1. The predicted octanol–water partition coefficient (Wildman–Crippen LogP) is 4.00. The molecule has 0 radical (unpaired) electrons. The normalized spacial score (nSPS) is 15.6. The van der Waals surface area contributed by atoms with E-state index in [-0.39, 0.29) is 11.3 Å². The van der Waals surface area contributed by atoms with Gasteiger partial charge in [-0.05, 0) is 54.1 Å². The fourth-order valence-corrected chi connectivity index (χ4v) is 3.34. The zero-order valence-corrected chi connectivity index (χ0v) is 16.3. The molecule has 0 spiro atoms. The number of aromatic nitrogens is 1. The number of rotatable bonds is 4. The van der Waals surface area contributed by atoms with Crippen molar-refractivity contribution < 1.29 is 18.8 Å². The van der Waals surface area contributed by atoms with Crippen LogP contribution in [0.5, 0.6) is 0 Å². The van der Waals surface area contributed by atoms with Crippen LogP contribution < -0.4 is 10.2 Å². The largest absolute Gasteiger partial charge is 0.343 e. The van der Waals surface area contributed by atoms with E-state index in [9.17, 15) is 18.8 Å². The number of barbiturate groups is 1. The zero-order valence-electron chi connectivity index (χ0n) is 15.5. The van der Waals surface area contributed by atoms with Gasteiger partial charge in [0.05, 0.1) is 5.69 Å². The Labute approximate surface area is 176 Å². The number of halogens is 2. The van der Waals surface area contributed by atoms with E-state index >= 15 is 0 Å². The van der Waals surface area contributed by atoms with Crippen molar-refractivity contribution in [3.63, 3.8) is 0 Å². The number of carbonyl (C=O) groups is 3. The van der Waals surface area contributed by atoms with E-state index in [4.69, 9.17) is 11.6 Å². The number of anilines is 1. The standard InChI is InChI=1S/C22H15ClFN3O3/c23-19-6-2-1-4-14(19)13-26-11-3-5-17(26)12-18-20(28)25-22(30)27(21(18)29)16-9-7-15(24)8-10-16/h1-12H,13H2,(H,25,28,30)/b18-12-. The molecule has 8 heteroatoms. The van der Waals surface area contributed by atoms with Crippen LogP contribution in [-0.4, -0.2) is 22.4 Å². The van der Waals surface area contributed by atoms with Crippen molar-refractivity contribution >= 4 is 41.2 Å². The summed E-state index contributed by atoms with van der Waals surface area (Å²) in [6.45, 7) is 0.433. The van der Waals surface area contributed by atoms with Gasteiger partial charge in [-0.1, -0.05) is 29.8 Å². The van der Waals surface area contributed by atoms with Gasteiger partial charge in [0, 0.05) is 23.5 Å². The molecule has 1 fully saturated rings. The van der Waals surface area contributed by atoms with Crippen molar-refractivity contribution in [3.05, 3.63) is 94.5 Å². The first-order chi connectivity index (χ1) is 14.4. The molecule has 1 aliphatic rings. The molecule has 0 aliphatic carbocycles. The summed E-state index contributed by atoms with van der Waals surface area (Å²) in [5, 5.41) is 2.75. The first-order valence-electron chi connectivity index (χ1n) is 8.99. The van der Waals surface area contributed by atoms with Crippen LogP contribution in [0, 0.1) is 5.82 Å². The fourth-order valence-electron chi connectivity index (χ4n) is 3.14. The SMILES string of the molecule is O=C1NC(=O)N(c2ccc(F)cc2)C(=O)/C1=C\c1cccn1Cc1ccccc1Cl. The smallest absolute Gasteiger partial charge is 0.335 e. The second-order valence-electron chi connectivity index (χ2n) is 6.59. The molecule has 0 unspecified atom stereocenters. The summed E-state index contributed by atoms with van der Waals surface area (Å²) in [5.74, 6) is -2.09. The van der Waals surface area contributed by atoms with Crippen molar-refractivity contribution in [2.45, 2.75) is 6.54 Å². The van der Waals surface area contributed by atoms with Gasteiger partial charge >= 0.3 is 6.03 Å². The highest BCUT2D eigenvalue weighted by molar-refractivity contribution is 6.39. The highest BCUT2D eigenvalue weighted by Crippen LogP contribution is 2.23. The van der Waals surface area contributed by atoms with Gasteiger partial charge in [-0.25, -0.2) is 14.1 Å². The molecule has 6 nitrogen and oxygen atoms in total. The number of imide groups is 2. The third-order valence-electron chi connectivity index (χ3n) is 4.64. The molecular formula is C22H15ClFN3O3. The van der Waals surface area contributed by atoms with Crippen LogP contribution in [0.15, 0.2) is 72.4 Å². The second-order valence-corrected chi connectivity index (χ2v) is 6.99. The third-order valence-corrected chi connectivity index (χ3v) is 5.01. The quantitative estimate of drug-likeness (QED) is 0.509. The van der Waals surface area contributed by atoms with Crippen LogP contribution in [0.1, 0.15) is 11.3 Å². The molecule has 0 atom stereocenters. The molecule has 1 saturated heterocycles. The van der Waals surface area contributed by atoms with Gasteiger partial charge in [0.15, 0.2) is 0 Å². The third kappa shape index (κ3) is 3.75. The molecule has 3 aromatic rings. The Hall–Kier alpha value is -3.71. The molecule has 150 valence electrons. The zero-order chi connectivity index (χ0) is 21.3. The van der Waals surface area contributed by atoms with Crippen LogP contribution in [-0.2, 0) is 16.1 Å². The minimum absolute atomic E-state index is 0.156. The summed E-state index contributed by atoms with van der Waals surface area (Å²) < 4.78 is 15.0. The molecule has 1 N–H and O–H groups in total. The van der Waals surface area contributed by atoms with Crippen LogP contribution in [0.4, 0.5) is 14.9 Å². The van der Waals surface area contributed by atoms with Gasteiger partial charge < -0.3 is 4.57 Å². The summed E-state index contributed by atoms with van der Waals surface area (Å²) in [6, 6.07) is 14.8. The lowest BCUT2D eigenvalue weighted by molar-refractivity contribution is -0.122. The molecule has 1 aromatic heterocycles. The average Bonchev–Trinajstić information content (AvgIpc) is 3.15. The number of nitrogens with one attached hydrogen (secondary N) is 1. The summed E-state index contributed by atoms with van der Waals surface area (Å²) in [5.41, 5.74) is 1.40. The maximum atomic E-state index is 13.2. The first-order valence-corrected chi connectivity index (χ1v) is 9.37. The van der Waals surface area contributed by atoms with Crippen molar-refractivity contribution in [3.8, 4) is 0 Å². The Bertz CT molecular complexity index is 1180. The highest BCUT2D eigenvalue weighted by Gasteiger charge is 2.37. The Balaban J connectivity index is 1.68. The minimum Gasteiger partial charge on any atom is -0.343 e. The first kappa shape index (κ1) is 19.6. The van der Waals surface area contributed by atoms with Crippen LogP contribution in [0.25, 0.3) is 6.08 Å². The van der Waals surface area contributed by atoms with Crippen LogP contribution in [0.3, 0.4) is 0 Å². The Morgan fingerprint density at radius 3 is 2.43 bits per heavy atom. The second kappa shape index (κ2) is 7.96. The number of nitrogens with zero attached hydrogens (tertiary/aromatic N) is 2. The number of hydrogen-bond donors (Lipinski definition) is 1. The summed E-state index contributed by atoms with van der Waals surface area (Å²) >= 11 is 6.23. The van der Waals surface area contributed by atoms with Crippen molar-refractivity contribution in [1.82, 2.24) is 9.88 Å². The van der Waals surface area contributed by atoms with Gasteiger partial charge in [-0.2, -0.15) is 0 Å². The fraction of sp³-hybridized carbons (Fsp3) is 0.0455. The van der Waals surface area contributed by atoms with Crippen molar-refractivity contribution in [2.75, 3.05) is 4.90 Å². The predicted molar refractivity (Wildman–Crippen MR) is 110 cm³/mol. The van der Waals surface area contributed by atoms with Gasteiger partial charge in [-0.15, -0.1) is 0 Å². The van der Waals surface area contributed by atoms with Crippen molar-refractivity contribution in [2.24, 2.45) is 0 Å². The molecular weight excluding hydrogens is 409 g/mol. The molecule has 0 saturated carbocycles. The average molecular weight is 424 g/mol. The van der Waals surface area contributed by atoms with E-state index < -0.39 is 23.7 Å². The molecule has 2 heterocycles. The maximum Gasteiger partial charge on any atom is 0.335 e. The molecule has 1 aliphatic heterocycles. The van der Waals surface area contributed by atoms with Crippen LogP contribution >= 0.6 is 11.6 Å². The Morgan fingerprint density at radius 2 is 1.70 bits per heavy atom. The molecule has 0 bridgehead atoms. The van der Waals surface area contributed by atoms with E-state index in [0.717, 1.165) is 22.6 Å². The van der Waals surface area contributed by atoms with Gasteiger partial charge in [0.25, 0.3) is 11.8 Å². The van der Waals surface area contributed by atoms with Crippen LogP contribution in [0.2, 0.25) is 5.02 Å². The lowest BCUT2D eigenvalue weighted by Crippen LogP contribution is -2.54. The summed E-state index contributed by atoms with van der Waals surface area (Å²) in [6.07, 6.45) is 3.21. The maximum absolute atomic E-state index is 13.2. The lowest BCUT2D eigenvalue weighted by atomic mass is 10.1. The van der Waals surface area contributed by atoms with E-state index in [1.807, 2.05) is 22.8 Å². The Morgan fingerprint density at radius 1 is 0.967 bits per heavy atom. The minimum atomic E-state index is -0.889. The van der Waals surface area contributed by atoms with Crippen molar-refractivity contribution in [1.29, 1.82) is 0 Å². The monoisotopic (exact) mass is 423 g/mol. The summed E-state index contributed by atoms with van der Waals surface area (Å²) in [4.78, 5) is 38.3. The Kier molecular flexibility index (Phi) is 5.20. The van der Waals surface area contributed by atoms with Gasteiger partial charge in [-0.3, -0.25) is 14.9 Å². The number of benzene rings is 2. The number of carbonyl (C=O) groups excluding carboxylic acids is 3. The van der Waals surface area contributed by atoms with E-state index in [0.29, 0.717) is 17.3 Å². The van der Waals surface area contributed by atoms with E-state index in [1.165, 1.54) is 18.2 Å². The topological polar surface area (TPSA) is 71.4 Å². The number of amides is 4. The van der Waals surface area contributed by atoms with Gasteiger partial charge in [0.2, 0.25) is 0 Å². The number of hydrogen-bond acceptors (Lipinski definition) is 3. The molecule has 4 rings (SSSR count). The molecule has 4 amide bonds. The molecule has 30 heavy (non-hydrogen) atoms.